The topological polar surface area (TPSA) is 112 Å². The van der Waals surface area contributed by atoms with Gasteiger partial charge in [0.25, 0.3) is 0 Å². The minimum absolute atomic E-state index is 0.219. The third-order valence-electron chi connectivity index (χ3n) is 4.26. The Kier molecular flexibility index (Phi) is 9.11. The molecule has 0 bridgehead atoms. The lowest BCUT2D eigenvalue weighted by Gasteiger charge is -2.31. The molecule has 0 aliphatic heterocycles. The van der Waals surface area contributed by atoms with Gasteiger partial charge >= 0.3 is 33.4 Å². The van der Waals surface area contributed by atoms with Crippen molar-refractivity contribution in [3.8, 4) is 0 Å². The molecule has 2 rings (SSSR count). The van der Waals surface area contributed by atoms with Crippen LogP contribution in [0.5, 0.6) is 0 Å². The van der Waals surface area contributed by atoms with Crippen molar-refractivity contribution in [2.75, 3.05) is 0 Å². The van der Waals surface area contributed by atoms with Crippen molar-refractivity contribution < 1.29 is 67.5 Å². The lowest BCUT2D eigenvalue weighted by Crippen LogP contribution is -2.63. The van der Waals surface area contributed by atoms with Crippen LogP contribution in [0.25, 0.3) is 0 Å². The third-order valence-corrected chi connectivity index (χ3v) is 5.16. The van der Waals surface area contributed by atoms with Crippen molar-refractivity contribution in [2.24, 2.45) is 0 Å². The molecule has 3 N–H and O–H groups in total. The molecule has 0 aromatic heterocycles. The predicted octanol–water partition coefficient (Wildman–Crippen LogP) is 4.40. The van der Waals surface area contributed by atoms with Crippen LogP contribution in [0.3, 0.4) is 0 Å². The first-order chi connectivity index (χ1) is 15.7. The van der Waals surface area contributed by atoms with Crippen LogP contribution in [0, 0.1) is 0 Å². The van der Waals surface area contributed by atoms with Gasteiger partial charge in [0, 0.05) is 5.56 Å². The van der Waals surface area contributed by atoms with Crippen LogP contribution in [0.1, 0.15) is 27.6 Å². The second-order valence-electron chi connectivity index (χ2n) is 6.63. The zero-order valence-corrected chi connectivity index (χ0v) is 17.7. The first kappa shape index (κ1) is 30.3. The van der Waals surface area contributed by atoms with E-state index in [2.05, 4.69) is 0 Å². The maximum absolute atomic E-state index is 12.2. The van der Waals surface area contributed by atoms with Gasteiger partial charge in [0.2, 0.25) is 0 Å². The molecule has 16 heteroatoms. The van der Waals surface area contributed by atoms with Crippen LogP contribution in [0.2, 0.25) is 0 Å². The number of aliphatic hydroxyl groups excluding tert-OH is 2. The minimum atomic E-state index is -7.37. The van der Waals surface area contributed by atoms with Crippen molar-refractivity contribution in [3.63, 3.8) is 0 Å². The van der Waals surface area contributed by atoms with Crippen LogP contribution in [-0.4, -0.2) is 52.2 Å². The molecule has 0 fully saturated rings. The molecule has 0 aliphatic rings. The number of hydrogen-bond acceptors (Lipinski definition) is 5. The van der Waals surface area contributed by atoms with Crippen molar-refractivity contribution in [1.82, 2.24) is 0 Å². The zero-order valence-electron chi connectivity index (χ0n) is 16.9. The SMILES string of the molecule is O=C(c1ccccc1CO)C(O)c1ccccc1.O=S(=O)(O)C(F)(F)C(F)(F)C(F)(F)C(F)(F)F. The van der Waals surface area contributed by atoms with Gasteiger partial charge in [0.1, 0.15) is 6.10 Å². The summed E-state index contributed by atoms with van der Waals surface area (Å²) < 4.78 is 134. The van der Waals surface area contributed by atoms with Gasteiger partial charge in [-0.2, -0.15) is 47.9 Å². The first-order valence-electron chi connectivity index (χ1n) is 8.87. The van der Waals surface area contributed by atoms with Gasteiger partial charge in [-0.25, -0.2) is 0 Å². The van der Waals surface area contributed by atoms with Gasteiger partial charge in [-0.3, -0.25) is 9.35 Å². The molecule has 2 aromatic rings. The van der Waals surface area contributed by atoms with E-state index < -0.39 is 45.3 Å². The van der Waals surface area contributed by atoms with E-state index in [-0.39, 0.29) is 6.61 Å². The Morgan fingerprint density at radius 2 is 1.26 bits per heavy atom. The van der Waals surface area contributed by atoms with Crippen molar-refractivity contribution in [1.29, 1.82) is 0 Å². The monoisotopic (exact) mass is 542 g/mol. The molecule has 2 aromatic carbocycles. The molecule has 0 spiro atoms. The highest BCUT2D eigenvalue weighted by Gasteiger charge is 2.85. The fourth-order valence-corrected chi connectivity index (χ4v) is 2.81. The number of rotatable bonds is 7. The molecule has 1 atom stereocenters. The molecule has 0 aliphatic carbocycles. The number of carbonyl (C=O) groups excluding carboxylic acids is 1. The van der Waals surface area contributed by atoms with Crippen LogP contribution in [0.4, 0.5) is 39.5 Å². The average molecular weight is 542 g/mol. The number of alkyl halides is 9. The molecular weight excluding hydrogens is 527 g/mol. The van der Waals surface area contributed by atoms with Gasteiger partial charge in [0.15, 0.2) is 5.78 Å². The summed E-state index contributed by atoms with van der Waals surface area (Å²) in [4.78, 5) is 12.2. The number of benzene rings is 2. The van der Waals surface area contributed by atoms with E-state index in [0.717, 1.165) is 0 Å². The van der Waals surface area contributed by atoms with E-state index in [9.17, 15) is 62.9 Å². The standard InChI is InChI=1S/C15H14O3.C4HF9O3S/c16-10-12-8-4-5-9-13(12)15(18)14(17)11-6-2-1-3-7-11;5-1(6,3(9,10)11)2(7,8)4(12,13)17(14,15)16/h1-9,14,16-17H,10H2;(H,14,15,16). The van der Waals surface area contributed by atoms with E-state index in [1.54, 1.807) is 48.5 Å². The van der Waals surface area contributed by atoms with E-state index >= 15 is 0 Å². The number of halogens is 9. The van der Waals surface area contributed by atoms with Crippen molar-refractivity contribution in [2.45, 2.75) is 36.0 Å². The summed E-state index contributed by atoms with van der Waals surface area (Å²) in [5, 5.41) is 12.2. The summed E-state index contributed by atoms with van der Waals surface area (Å²) in [5.74, 6) is -15.1. The van der Waals surface area contributed by atoms with Gasteiger partial charge in [0.05, 0.1) is 6.61 Å². The van der Waals surface area contributed by atoms with E-state index in [1.807, 2.05) is 6.07 Å². The minimum Gasteiger partial charge on any atom is -0.392 e. The molecule has 0 radical (unpaired) electrons. The van der Waals surface area contributed by atoms with Crippen LogP contribution in [-0.2, 0) is 16.7 Å². The normalized spacial score (nSPS) is 14.1. The quantitative estimate of drug-likeness (QED) is 0.272. The second-order valence-corrected chi connectivity index (χ2v) is 8.09. The Balaban J connectivity index is 0.000000351. The number of ketones is 1. The van der Waals surface area contributed by atoms with E-state index in [1.165, 1.54) is 0 Å². The highest BCUT2D eigenvalue weighted by atomic mass is 32.2. The molecule has 0 saturated carbocycles. The third kappa shape index (κ3) is 6.12. The molecule has 6 nitrogen and oxygen atoms in total. The fraction of sp³-hybridized carbons (Fsp3) is 0.316. The van der Waals surface area contributed by atoms with Crippen LogP contribution < -0.4 is 0 Å². The van der Waals surface area contributed by atoms with Crippen LogP contribution >= 0.6 is 0 Å². The first-order valence-corrected chi connectivity index (χ1v) is 10.3. The number of aliphatic hydroxyl groups is 2. The average Bonchev–Trinajstić information content (AvgIpc) is 2.77. The number of hydrogen-bond donors (Lipinski definition) is 3. The zero-order chi connectivity index (χ0) is 27.5. The van der Waals surface area contributed by atoms with Gasteiger partial charge in [-0.05, 0) is 11.1 Å². The number of Topliss-reactive ketones (excluding diaryl/α,β-unsaturated/α-hetero) is 1. The Labute approximate surface area is 191 Å². The molecular formula is C19H15F9O6S. The van der Waals surface area contributed by atoms with Gasteiger partial charge < -0.3 is 10.2 Å². The van der Waals surface area contributed by atoms with Crippen LogP contribution in [0.15, 0.2) is 54.6 Å². The fourth-order valence-electron chi connectivity index (χ4n) is 2.36. The van der Waals surface area contributed by atoms with Crippen molar-refractivity contribution >= 4 is 15.9 Å². The molecule has 0 heterocycles. The van der Waals surface area contributed by atoms with Crippen molar-refractivity contribution in [3.05, 3.63) is 71.3 Å². The second kappa shape index (κ2) is 10.5. The van der Waals surface area contributed by atoms with Gasteiger partial charge in [-0.15, -0.1) is 0 Å². The summed E-state index contributed by atoms with van der Waals surface area (Å²) >= 11 is 0. The summed E-state index contributed by atoms with van der Waals surface area (Å²) in [6, 6.07) is 15.5. The molecule has 0 amide bonds. The molecule has 0 saturated heterocycles. The summed E-state index contributed by atoms with van der Waals surface area (Å²) in [5.41, 5.74) is 1.43. The molecule has 35 heavy (non-hydrogen) atoms. The summed E-state index contributed by atoms with van der Waals surface area (Å²) in [6.45, 7) is -0.219. The summed E-state index contributed by atoms with van der Waals surface area (Å²) in [6.07, 6.45) is -8.33. The smallest absolute Gasteiger partial charge is 0.392 e. The highest BCUT2D eigenvalue weighted by molar-refractivity contribution is 7.87. The Bertz CT molecular complexity index is 1120. The maximum atomic E-state index is 12.2. The maximum Gasteiger partial charge on any atom is 0.460 e. The lowest BCUT2D eigenvalue weighted by molar-refractivity contribution is -0.382. The van der Waals surface area contributed by atoms with E-state index in [0.29, 0.717) is 16.7 Å². The summed E-state index contributed by atoms with van der Waals surface area (Å²) in [7, 11) is -7.17. The molecule has 1 unspecified atom stereocenters. The Morgan fingerprint density at radius 1 is 0.800 bits per heavy atom. The van der Waals surface area contributed by atoms with E-state index in [4.69, 9.17) is 4.55 Å². The Hall–Kier alpha value is -2.69. The number of carbonyl (C=O) groups is 1. The Morgan fingerprint density at radius 3 is 1.69 bits per heavy atom. The largest absolute Gasteiger partial charge is 0.460 e. The highest BCUT2D eigenvalue weighted by Crippen LogP contribution is 2.54. The van der Waals surface area contributed by atoms with Gasteiger partial charge in [-0.1, -0.05) is 54.6 Å². The predicted molar refractivity (Wildman–Crippen MR) is 101 cm³/mol. The lowest BCUT2D eigenvalue weighted by atomic mass is 9.96. The molecule has 196 valence electrons.